The first-order chi connectivity index (χ1) is 6.06. The van der Waals surface area contributed by atoms with Crippen LogP contribution in [-0.2, 0) is 6.61 Å². The molecular weight excluding hydrogens is 308 g/mol. The average Bonchev–Trinajstić information content (AvgIpc) is 2.09. The maximum absolute atomic E-state index is 10.4. The van der Waals surface area contributed by atoms with E-state index in [1.165, 1.54) is 12.1 Å². The van der Waals surface area contributed by atoms with Crippen LogP contribution in [0.15, 0.2) is 12.1 Å². The molecule has 70 valence electrons. The summed E-state index contributed by atoms with van der Waals surface area (Å²) in [6, 6.07) is 2.58. The van der Waals surface area contributed by atoms with E-state index in [2.05, 4.69) is 0 Å². The van der Waals surface area contributed by atoms with Crippen molar-refractivity contribution < 1.29 is 10.0 Å². The van der Waals surface area contributed by atoms with E-state index in [1.54, 1.807) is 0 Å². The van der Waals surface area contributed by atoms with Gasteiger partial charge in [-0.2, -0.15) is 0 Å². The first-order valence-corrected chi connectivity index (χ1v) is 4.75. The van der Waals surface area contributed by atoms with Crippen molar-refractivity contribution >= 4 is 39.9 Å². The highest BCUT2D eigenvalue weighted by Gasteiger charge is 2.12. The maximum Gasteiger partial charge on any atom is 0.271 e. The van der Waals surface area contributed by atoms with Crippen molar-refractivity contribution in [3.05, 3.63) is 36.4 Å². The standard InChI is InChI=1S/C7H5ClINO3/c8-6-2-5(10(12)13)1-4(3-11)7(6)9/h1-2,11H,3H2. The Bertz CT molecular complexity index is 356. The van der Waals surface area contributed by atoms with Crippen molar-refractivity contribution in [2.24, 2.45) is 0 Å². The summed E-state index contributed by atoms with van der Waals surface area (Å²) >= 11 is 7.65. The van der Waals surface area contributed by atoms with Crippen LogP contribution in [-0.4, -0.2) is 10.0 Å². The Labute approximate surface area is 92.8 Å². The molecule has 1 aromatic carbocycles. The van der Waals surface area contributed by atoms with Crippen LogP contribution in [0, 0.1) is 13.7 Å². The van der Waals surface area contributed by atoms with Gasteiger partial charge in [0.2, 0.25) is 0 Å². The van der Waals surface area contributed by atoms with Gasteiger partial charge in [-0.15, -0.1) is 0 Å². The molecule has 13 heavy (non-hydrogen) atoms. The van der Waals surface area contributed by atoms with Crippen LogP contribution in [0.5, 0.6) is 0 Å². The highest BCUT2D eigenvalue weighted by Crippen LogP contribution is 2.27. The topological polar surface area (TPSA) is 63.4 Å². The van der Waals surface area contributed by atoms with E-state index in [0.717, 1.165) is 0 Å². The van der Waals surface area contributed by atoms with E-state index in [-0.39, 0.29) is 12.3 Å². The first kappa shape index (κ1) is 10.7. The summed E-state index contributed by atoms with van der Waals surface area (Å²) in [6.45, 7) is -0.250. The third-order valence-electron chi connectivity index (χ3n) is 1.47. The number of rotatable bonds is 2. The number of hydrogen-bond donors (Lipinski definition) is 1. The van der Waals surface area contributed by atoms with Crippen LogP contribution in [0.1, 0.15) is 5.56 Å². The molecule has 0 aliphatic carbocycles. The summed E-state index contributed by atoms with van der Waals surface area (Å²) in [6.07, 6.45) is 0. The Morgan fingerprint density at radius 2 is 2.23 bits per heavy atom. The molecule has 0 heterocycles. The fourth-order valence-corrected chi connectivity index (χ4v) is 1.57. The second-order valence-corrected chi connectivity index (χ2v) is 3.80. The Morgan fingerprint density at radius 1 is 1.62 bits per heavy atom. The molecule has 0 unspecified atom stereocenters. The van der Waals surface area contributed by atoms with E-state index in [1.807, 2.05) is 22.6 Å². The second-order valence-electron chi connectivity index (χ2n) is 2.32. The number of halogens is 2. The molecule has 0 saturated carbocycles. The first-order valence-electron chi connectivity index (χ1n) is 3.29. The number of nitro benzene ring substituents is 1. The number of benzene rings is 1. The summed E-state index contributed by atoms with van der Waals surface area (Å²) < 4.78 is 0.646. The second kappa shape index (κ2) is 4.21. The Hall–Kier alpha value is -0.400. The minimum atomic E-state index is -0.541. The van der Waals surface area contributed by atoms with Crippen molar-refractivity contribution in [1.29, 1.82) is 0 Å². The summed E-state index contributed by atoms with van der Waals surface area (Å²) in [7, 11) is 0. The number of non-ortho nitro benzene ring substituents is 1. The van der Waals surface area contributed by atoms with E-state index >= 15 is 0 Å². The van der Waals surface area contributed by atoms with Crippen LogP contribution >= 0.6 is 34.2 Å². The van der Waals surface area contributed by atoms with Gasteiger partial charge in [0.15, 0.2) is 0 Å². The zero-order chi connectivity index (χ0) is 10.0. The highest BCUT2D eigenvalue weighted by molar-refractivity contribution is 14.1. The van der Waals surface area contributed by atoms with Gasteiger partial charge in [-0.1, -0.05) is 11.6 Å². The van der Waals surface area contributed by atoms with Crippen LogP contribution in [0.4, 0.5) is 5.69 Å². The van der Waals surface area contributed by atoms with Crippen molar-refractivity contribution in [2.75, 3.05) is 0 Å². The van der Waals surface area contributed by atoms with Crippen molar-refractivity contribution in [1.82, 2.24) is 0 Å². The molecule has 4 nitrogen and oxygen atoms in total. The number of hydrogen-bond acceptors (Lipinski definition) is 3. The van der Waals surface area contributed by atoms with Gasteiger partial charge in [0.25, 0.3) is 5.69 Å². The Balaban J connectivity index is 3.30. The molecule has 0 amide bonds. The number of nitro groups is 1. The van der Waals surface area contributed by atoms with Crippen LogP contribution in [0.3, 0.4) is 0 Å². The van der Waals surface area contributed by atoms with Gasteiger partial charge in [-0.25, -0.2) is 0 Å². The molecule has 0 aliphatic heterocycles. The summed E-state index contributed by atoms with van der Waals surface area (Å²) in [4.78, 5) is 9.85. The predicted molar refractivity (Wildman–Crippen MR) is 56.7 cm³/mol. The monoisotopic (exact) mass is 313 g/mol. The molecule has 6 heteroatoms. The van der Waals surface area contributed by atoms with Crippen molar-refractivity contribution in [2.45, 2.75) is 6.61 Å². The fraction of sp³-hybridized carbons (Fsp3) is 0.143. The number of nitrogens with zero attached hydrogens (tertiary/aromatic N) is 1. The molecule has 0 bridgehead atoms. The molecule has 0 radical (unpaired) electrons. The van der Waals surface area contributed by atoms with Crippen molar-refractivity contribution in [3.8, 4) is 0 Å². The van der Waals surface area contributed by atoms with Gasteiger partial charge < -0.3 is 5.11 Å². The molecule has 1 aromatic rings. The van der Waals surface area contributed by atoms with Crippen LogP contribution in [0.2, 0.25) is 5.02 Å². The van der Waals surface area contributed by atoms with E-state index in [0.29, 0.717) is 14.2 Å². The molecule has 0 atom stereocenters. The summed E-state index contributed by atoms with van der Waals surface area (Å²) in [5, 5.41) is 19.5. The lowest BCUT2D eigenvalue weighted by Crippen LogP contribution is -1.94. The smallest absolute Gasteiger partial charge is 0.271 e. The lowest BCUT2D eigenvalue weighted by molar-refractivity contribution is -0.384. The highest BCUT2D eigenvalue weighted by atomic mass is 127. The maximum atomic E-state index is 10.4. The SMILES string of the molecule is O=[N+]([O-])c1cc(Cl)c(I)c(CO)c1. The van der Waals surface area contributed by atoms with E-state index in [9.17, 15) is 10.1 Å². The molecule has 1 rings (SSSR count). The zero-order valence-electron chi connectivity index (χ0n) is 6.33. The van der Waals surface area contributed by atoms with Gasteiger partial charge in [0.1, 0.15) is 0 Å². The quantitative estimate of drug-likeness (QED) is 0.518. The van der Waals surface area contributed by atoms with E-state index in [4.69, 9.17) is 16.7 Å². The third-order valence-corrected chi connectivity index (χ3v) is 3.36. The van der Waals surface area contributed by atoms with Crippen molar-refractivity contribution in [3.63, 3.8) is 0 Å². The Morgan fingerprint density at radius 3 is 2.69 bits per heavy atom. The largest absolute Gasteiger partial charge is 0.392 e. The Kier molecular flexibility index (Phi) is 3.46. The molecular formula is C7H5ClINO3. The minimum Gasteiger partial charge on any atom is -0.392 e. The lowest BCUT2D eigenvalue weighted by Gasteiger charge is -2.02. The summed E-state index contributed by atoms with van der Waals surface area (Å²) in [5.74, 6) is 0. The fourth-order valence-electron chi connectivity index (χ4n) is 0.851. The normalized spacial score (nSPS) is 10.1. The number of aliphatic hydroxyl groups excluding tert-OH is 1. The van der Waals surface area contributed by atoms with Crippen LogP contribution in [0.25, 0.3) is 0 Å². The lowest BCUT2D eigenvalue weighted by atomic mass is 10.2. The van der Waals surface area contributed by atoms with Gasteiger partial charge in [0.05, 0.1) is 16.6 Å². The average molecular weight is 313 g/mol. The van der Waals surface area contributed by atoms with Crippen LogP contribution < -0.4 is 0 Å². The molecule has 0 spiro atoms. The molecule has 0 saturated heterocycles. The van der Waals surface area contributed by atoms with E-state index < -0.39 is 4.92 Å². The van der Waals surface area contributed by atoms with Gasteiger partial charge in [-0.05, 0) is 28.2 Å². The third kappa shape index (κ3) is 2.29. The molecule has 0 fully saturated rings. The predicted octanol–water partition coefficient (Wildman–Crippen LogP) is 2.35. The molecule has 1 N–H and O–H groups in total. The zero-order valence-corrected chi connectivity index (χ0v) is 9.24. The molecule has 0 aromatic heterocycles. The number of aliphatic hydroxyl groups is 1. The van der Waals surface area contributed by atoms with Gasteiger partial charge in [-0.3, -0.25) is 10.1 Å². The molecule has 0 aliphatic rings. The minimum absolute atomic E-state index is 0.102. The van der Waals surface area contributed by atoms with Gasteiger partial charge in [0, 0.05) is 15.7 Å². The summed E-state index contributed by atoms with van der Waals surface area (Å²) in [5.41, 5.74) is 0.370. The van der Waals surface area contributed by atoms with Gasteiger partial charge >= 0.3 is 0 Å².